The predicted molar refractivity (Wildman–Crippen MR) is 96.2 cm³/mol. The van der Waals surface area contributed by atoms with E-state index < -0.39 is 0 Å². The molecule has 2 aromatic rings. The third-order valence-electron chi connectivity index (χ3n) is 5.96. The highest BCUT2D eigenvalue weighted by Crippen LogP contribution is 2.66. The Morgan fingerprint density at radius 2 is 1.32 bits per heavy atom. The summed E-state index contributed by atoms with van der Waals surface area (Å²) in [4.78, 5) is 0. The van der Waals surface area contributed by atoms with Crippen molar-refractivity contribution in [2.75, 3.05) is 0 Å². The predicted octanol–water partition coefficient (Wildman–Crippen LogP) is 6.59. The molecule has 0 amide bonds. The number of hydrogen-bond acceptors (Lipinski definition) is 0. The number of benzene rings is 2. The molecular weight excluding hydrogens is 264 g/mol. The summed E-state index contributed by atoms with van der Waals surface area (Å²) in [6, 6.07) is 18.0. The molecule has 1 fully saturated rings. The Hall–Kier alpha value is -1.56. The summed E-state index contributed by atoms with van der Waals surface area (Å²) in [6.07, 6.45) is 2.66. The van der Waals surface area contributed by atoms with Gasteiger partial charge in [-0.05, 0) is 53.2 Å². The molecule has 0 heteroatoms. The van der Waals surface area contributed by atoms with Crippen LogP contribution in [0.5, 0.6) is 0 Å². The summed E-state index contributed by atoms with van der Waals surface area (Å²) >= 11 is 0. The van der Waals surface area contributed by atoms with Crippen LogP contribution in [0.1, 0.15) is 57.6 Å². The van der Waals surface area contributed by atoms with Gasteiger partial charge in [-0.25, -0.2) is 0 Å². The first-order valence-corrected chi connectivity index (χ1v) is 8.48. The molecule has 0 spiro atoms. The molecule has 0 N–H and O–H groups in total. The van der Waals surface area contributed by atoms with Crippen molar-refractivity contribution in [3.05, 3.63) is 59.7 Å². The molecule has 22 heavy (non-hydrogen) atoms. The maximum Gasteiger partial charge on any atom is -0.0184 e. The third-order valence-corrected chi connectivity index (χ3v) is 5.96. The third kappa shape index (κ3) is 2.84. The number of hydrogen-bond donors (Lipinski definition) is 0. The Labute approximate surface area is 135 Å². The van der Waals surface area contributed by atoms with Gasteiger partial charge in [-0.3, -0.25) is 0 Å². The molecule has 3 rings (SSSR count). The second-order valence-corrected chi connectivity index (χ2v) is 8.21. The van der Waals surface area contributed by atoms with Crippen molar-refractivity contribution in [1.29, 1.82) is 0 Å². The second-order valence-electron chi connectivity index (χ2n) is 8.21. The van der Waals surface area contributed by atoms with Crippen LogP contribution in [-0.4, -0.2) is 0 Å². The first kappa shape index (κ1) is 15.3. The van der Waals surface area contributed by atoms with Crippen LogP contribution in [0.3, 0.4) is 0 Å². The summed E-state index contributed by atoms with van der Waals surface area (Å²) < 4.78 is 0. The summed E-state index contributed by atoms with van der Waals surface area (Å²) in [7, 11) is 0. The second kappa shape index (κ2) is 5.26. The molecule has 2 unspecified atom stereocenters. The first-order valence-electron chi connectivity index (χ1n) is 8.48. The number of rotatable bonds is 4. The molecule has 0 saturated heterocycles. The van der Waals surface area contributed by atoms with Crippen molar-refractivity contribution in [3.8, 4) is 11.1 Å². The monoisotopic (exact) mass is 292 g/mol. The molecule has 0 bridgehead atoms. The fourth-order valence-corrected chi connectivity index (χ4v) is 3.82. The molecule has 2 atom stereocenters. The largest absolute Gasteiger partial charge is 0.0594 e. The van der Waals surface area contributed by atoms with Crippen LogP contribution in [0, 0.1) is 17.8 Å². The average molecular weight is 292 g/mol. The maximum atomic E-state index is 2.45. The minimum atomic E-state index is 0.530. The Bertz CT molecular complexity index is 645. The Kier molecular flexibility index (Phi) is 3.67. The fourth-order valence-electron chi connectivity index (χ4n) is 3.82. The van der Waals surface area contributed by atoms with E-state index in [1.807, 2.05) is 0 Å². The van der Waals surface area contributed by atoms with Crippen LogP contribution in [0.15, 0.2) is 48.5 Å². The maximum absolute atomic E-state index is 2.45. The zero-order chi connectivity index (χ0) is 16.0. The van der Waals surface area contributed by atoms with Crippen LogP contribution in [0.25, 0.3) is 11.1 Å². The van der Waals surface area contributed by atoms with Gasteiger partial charge in [-0.15, -0.1) is 0 Å². The van der Waals surface area contributed by atoms with E-state index in [0.717, 1.165) is 0 Å². The summed E-state index contributed by atoms with van der Waals surface area (Å²) in [5.41, 5.74) is 6.47. The minimum Gasteiger partial charge on any atom is -0.0594 e. The first-order chi connectivity index (χ1) is 10.3. The van der Waals surface area contributed by atoms with Gasteiger partial charge in [0, 0.05) is 0 Å². The highest BCUT2D eigenvalue weighted by atomic mass is 14.6. The lowest BCUT2D eigenvalue weighted by molar-refractivity contribution is 0.365. The Morgan fingerprint density at radius 1 is 0.864 bits per heavy atom. The van der Waals surface area contributed by atoms with E-state index in [-0.39, 0.29) is 0 Å². The summed E-state index contributed by atoms with van der Waals surface area (Å²) in [5.74, 6) is 0.638. The Balaban J connectivity index is 1.73. The van der Waals surface area contributed by atoms with E-state index >= 15 is 0 Å². The van der Waals surface area contributed by atoms with Crippen molar-refractivity contribution in [3.63, 3.8) is 0 Å². The van der Waals surface area contributed by atoms with Crippen molar-refractivity contribution >= 4 is 0 Å². The topological polar surface area (TPSA) is 0 Å². The molecule has 0 aliphatic heterocycles. The lowest BCUT2D eigenvalue weighted by atomic mass is 9.84. The van der Waals surface area contributed by atoms with Gasteiger partial charge < -0.3 is 0 Å². The standard InChI is InChI=1S/C22H28/c1-16-6-8-19(9-7-16)20-12-10-18(11-13-20)17(2)14-22(5)15-21(22,3)4/h6-13,17H,14-15H2,1-5H3. The molecule has 0 radical (unpaired) electrons. The van der Waals surface area contributed by atoms with Gasteiger partial charge in [0.1, 0.15) is 0 Å². The van der Waals surface area contributed by atoms with Crippen LogP contribution in [0.4, 0.5) is 0 Å². The van der Waals surface area contributed by atoms with Gasteiger partial charge in [0.15, 0.2) is 0 Å². The molecule has 1 aliphatic carbocycles. The lowest BCUT2D eigenvalue weighted by Crippen LogP contribution is -2.08. The minimum absolute atomic E-state index is 0.530. The van der Waals surface area contributed by atoms with Gasteiger partial charge in [0.25, 0.3) is 0 Å². The lowest BCUT2D eigenvalue weighted by Gasteiger charge is -2.20. The smallest absolute Gasteiger partial charge is 0.0184 e. The highest BCUT2D eigenvalue weighted by molar-refractivity contribution is 5.64. The van der Waals surface area contributed by atoms with Crippen LogP contribution in [-0.2, 0) is 0 Å². The molecule has 116 valence electrons. The zero-order valence-corrected chi connectivity index (χ0v) is 14.6. The van der Waals surface area contributed by atoms with Gasteiger partial charge in [0.05, 0.1) is 0 Å². The van der Waals surface area contributed by atoms with Gasteiger partial charge >= 0.3 is 0 Å². The van der Waals surface area contributed by atoms with Gasteiger partial charge in [-0.1, -0.05) is 81.8 Å². The fraction of sp³-hybridized carbons (Fsp3) is 0.455. The molecule has 0 heterocycles. The van der Waals surface area contributed by atoms with Crippen molar-refractivity contribution in [2.24, 2.45) is 10.8 Å². The van der Waals surface area contributed by atoms with Crippen molar-refractivity contribution in [1.82, 2.24) is 0 Å². The summed E-state index contributed by atoms with van der Waals surface area (Å²) in [6.45, 7) is 11.8. The van der Waals surface area contributed by atoms with E-state index in [9.17, 15) is 0 Å². The van der Waals surface area contributed by atoms with Gasteiger partial charge in [-0.2, -0.15) is 0 Å². The van der Waals surface area contributed by atoms with Crippen LogP contribution < -0.4 is 0 Å². The molecule has 1 aliphatic rings. The SMILES string of the molecule is Cc1ccc(-c2ccc(C(C)CC3(C)CC3(C)C)cc2)cc1. The van der Waals surface area contributed by atoms with E-state index in [1.54, 1.807) is 0 Å². The van der Waals surface area contributed by atoms with E-state index in [1.165, 1.54) is 35.1 Å². The molecular formula is C22H28. The summed E-state index contributed by atoms with van der Waals surface area (Å²) in [5, 5.41) is 0. The van der Waals surface area contributed by atoms with E-state index in [4.69, 9.17) is 0 Å². The highest BCUT2D eigenvalue weighted by Gasteiger charge is 2.57. The Morgan fingerprint density at radius 3 is 1.77 bits per heavy atom. The molecule has 0 nitrogen and oxygen atoms in total. The number of aryl methyl sites for hydroxylation is 1. The van der Waals surface area contributed by atoms with Crippen molar-refractivity contribution < 1.29 is 0 Å². The van der Waals surface area contributed by atoms with Crippen LogP contribution >= 0.6 is 0 Å². The zero-order valence-electron chi connectivity index (χ0n) is 14.6. The molecule has 0 aromatic heterocycles. The van der Waals surface area contributed by atoms with Gasteiger partial charge in [0.2, 0.25) is 0 Å². The molecule has 1 saturated carbocycles. The van der Waals surface area contributed by atoms with E-state index in [2.05, 4.69) is 83.1 Å². The normalized spacial score (nSPS) is 24.0. The average Bonchev–Trinajstić information content (AvgIpc) is 2.97. The van der Waals surface area contributed by atoms with Crippen LogP contribution in [0.2, 0.25) is 0 Å². The quantitative estimate of drug-likeness (QED) is 0.596. The van der Waals surface area contributed by atoms with E-state index in [0.29, 0.717) is 16.7 Å². The molecule has 2 aromatic carbocycles. The van der Waals surface area contributed by atoms with Crippen molar-refractivity contribution in [2.45, 2.75) is 53.4 Å².